The van der Waals surface area contributed by atoms with Gasteiger partial charge in [0.05, 0.1) is 5.57 Å². The maximum absolute atomic E-state index is 12.5. The number of hydrogen-bond acceptors (Lipinski definition) is 4. The molecule has 1 aliphatic heterocycles. The van der Waals surface area contributed by atoms with Gasteiger partial charge in [-0.2, -0.15) is 0 Å². The molecule has 2 heterocycles. The number of hydrogen-bond donors (Lipinski definition) is 6. The second-order valence-corrected chi connectivity index (χ2v) is 6.47. The predicted octanol–water partition coefficient (Wildman–Crippen LogP) is 1.48. The molecule has 1 aromatic heterocycles. The first-order valence-electron chi connectivity index (χ1n) is 8.64. The Morgan fingerprint density at radius 1 is 1.21 bits per heavy atom. The zero-order valence-electron chi connectivity index (χ0n) is 15.5. The first-order chi connectivity index (χ1) is 13.7. The van der Waals surface area contributed by atoms with E-state index in [0.29, 0.717) is 33.8 Å². The van der Waals surface area contributed by atoms with E-state index in [0.717, 1.165) is 5.56 Å². The molecule has 0 saturated carbocycles. The Balaban J connectivity index is 1.84. The third-order valence-corrected chi connectivity index (χ3v) is 4.35. The van der Waals surface area contributed by atoms with E-state index in [4.69, 9.17) is 10.8 Å². The average molecular weight is 397 g/mol. The Labute approximate surface area is 165 Å². The predicted molar refractivity (Wildman–Crippen MR) is 106 cm³/mol. The van der Waals surface area contributed by atoms with Gasteiger partial charge in [-0.25, -0.2) is 4.79 Å². The van der Waals surface area contributed by atoms with E-state index in [-0.39, 0.29) is 12.5 Å². The maximum atomic E-state index is 12.5. The van der Waals surface area contributed by atoms with Gasteiger partial charge in [0, 0.05) is 35.4 Å². The minimum Gasteiger partial charge on any atom is -0.481 e. The summed E-state index contributed by atoms with van der Waals surface area (Å²) < 4.78 is 0. The van der Waals surface area contributed by atoms with E-state index in [1.807, 2.05) is 0 Å². The number of urea groups is 1. The fourth-order valence-corrected chi connectivity index (χ4v) is 3.05. The number of allylic oxidation sites excluding steroid dienone is 1. The highest BCUT2D eigenvalue weighted by molar-refractivity contribution is 6.36. The SMILES string of the molecule is C/C(=C1\C(=O)Nc2ccc(NC(N)=O)cc21)c1cc(CNC(=O)CC(=O)O)c[nH]1. The fraction of sp³-hybridized carbons (Fsp3) is 0.158. The lowest BCUT2D eigenvalue weighted by molar-refractivity contribution is -0.140. The molecule has 29 heavy (non-hydrogen) atoms. The molecule has 10 heteroatoms. The highest BCUT2D eigenvalue weighted by Crippen LogP contribution is 2.38. The average Bonchev–Trinajstić information content (AvgIpc) is 3.22. The molecule has 0 saturated heterocycles. The van der Waals surface area contributed by atoms with Crippen molar-refractivity contribution in [2.75, 3.05) is 10.6 Å². The summed E-state index contributed by atoms with van der Waals surface area (Å²) in [6.45, 7) is 1.93. The molecule has 2 aromatic rings. The Kier molecular flexibility index (Phi) is 5.35. The molecule has 7 N–H and O–H groups in total. The summed E-state index contributed by atoms with van der Waals surface area (Å²) in [6.07, 6.45) is 1.07. The second kappa shape index (κ2) is 7.89. The van der Waals surface area contributed by atoms with E-state index >= 15 is 0 Å². The molecule has 3 rings (SSSR count). The lowest BCUT2D eigenvalue weighted by Crippen LogP contribution is -2.24. The van der Waals surface area contributed by atoms with Gasteiger partial charge in [-0.3, -0.25) is 14.4 Å². The third-order valence-electron chi connectivity index (χ3n) is 4.35. The summed E-state index contributed by atoms with van der Waals surface area (Å²) in [5, 5.41) is 16.4. The zero-order chi connectivity index (χ0) is 21.1. The highest BCUT2D eigenvalue weighted by Gasteiger charge is 2.27. The molecule has 1 aromatic carbocycles. The van der Waals surface area contributed by atoms with Crippen LogP contribution < -0.4 is 21.7 Å². The van der Waals surface area contributed by atoms with Crippen molar-refractivity contribution in [1.82, 2.24) is 10.3 Å². The smallest absolute Gasteiger partial charge is 0.316 e. The number of nitrogens with one attached hydrogen (secondary N) is 4. The van der Waals surface area contributed by atoms with Gasteiger partial charge >= 0.3 is 12.0 Å². The van der Waals surface area contributed by atoms with Gasteiger partial charge in [-0.1, -0.05) is 0 Å². The Hall–Kier alpha value is -4.08. The Morgan fingerprint density at radius 2 is 1.97 bits per heavy atom. The highest BCUT2D eigenvalue weighted by atomic mass is 16.4. The number of aromatic nitrogens is 1. The van der Waals surface area contributed by atoms with Crippen LogP contribution in [0.3, 0.4) is 0 Å². The van der Waals surface area contributed by atoms with Gasteiger partial charge in [0.25, 0.3) is 5.91 Å². The molecule has 0 spiro atoms. The van der Waals surface area contributed by atoms with Crippen LogP contribution in [0.5, 0.6) is 0 Å². The van der Waals surface area contributed by atoms with Gasteiger partial charge in [-0.05, 0) is 42.3 Å². The number of aliphatic carboxylic acids is 1. The number of H-pyrrole nitrogens is 1. The van der Waals surface area contributed by atoms with Crippen LogP contribution in [0.25, 0.3) is 11.1 Å². The normalized spacial score (nSPS) is 14.0. The summed E-state index contributed by atoms with van der Waals surface area (Å²) >= 11 is 0. The number of carboxylic acid groups (broad SMARTS) is 1. The van der Waals surface area contributed by atoms with Crippen molar-refractivity contribution in [2.45, 2.75) is 19.9 Å². The number of benzene rings is 1. The summed E-state index contributed by atoms with van der Waals surface area (Å²) in [5.74, 6) is -2.07. The number of carboxylic acids is 1. The van der Waals surface area contributed by atoms with Gasteiger partial charge in [-0.15, -0.1) is 0 Å². The molecule has 0 aliphatic carbocycles. The number of rotatable bonds is 6. The first-order valence-corrected chi connectivity index (χ1v) is 8.64. The van der Waals surface area contributed by atoms with E-state index in [1.165, 1.54) is 0 Å². The summed E-state index contributed by atoms with van der Waals surface area (Å²) in [7, 11) is 0. The van der Waals surface area contributed by atoms with Gasteiger partial charge in [0.1, 0.15) is 6.42 Å². The standard InChI is InChI=1S/C19H19N5O5/c1-9(14-4-10(7-21-14)8-22-15(25)6-16(26)27)17-12-5-11(23-19(20)29)2-3-13(12)24-18(17)28/h2-5,7,21H,6,8H2,1H3,(H,22,25)(H,24,28)(H,26,27)(H3,20,23,29)/b17-9+. The number of aromatic amines is 1. The van der Waals surface area contributed by atoms with Crippen LogP contribution in [0, 0.1) is 0 Å². The van der Waals surface area contributed by atoms with Crippen LogP contribution in [0.4, 0.5) is 16.2 Å². The van der Waals surface area contributed by atoms with Crippen LogP contribution in [0.2, 0.25) is 0 Å². The Morgan fingerprint density at radius 3 is 2.66 bits per heavy atom. The first kappa shape index (κ1) is 19.7. The zero-order valence-corrected chi connectivity index (χ0v) is 15.5. The largest absolute Gasteiger partial charge is 0.481 e. The lowest BCUT2D eigenvalue weighted by Gasteiger charge is -2.07. The number of primary amides is 1. The summed E-state index contributed by atoms with van der Waals surface area (Å²) in [6, 6.07) is 6.03. The molecular weight excluding hydrogens is 378 g/mol. The van der Waals surface area contributed by atoms with Crippen molar-refractivity contribution in [1.29, 1.82) is 0 Å². The molecule has 4 amide bonds. The maximum Gasteiger partial charge on any atom is 0.316 e. The van der Waals surface area contributed by atoms with Gasteiger partial charge < -0.3 is 31.8 Å². The number of fused-ring (bicyclic) bond motifs is 1. The lowest BCUT2D eigenvalue weighted by atomic mass is 9.99. The third kappa shape index (κ3) is 4.43. The van der Waals surface area contributed by atoms with Crippen LogP contribution in [0.15, 0.2) is 30.5 Å². The molecule has 0 bridgehead atoms. The molecule has 1 aliphatic rings. The van der Waals surface area contributed by atoms with Crippen LogP contribution in [-0.4, -0.2) is 33.9 Å². The number of nitrogens with two attached hydrogens (primary N) is 1. The van der Waals surface area contributed by atoms with Crippen molar-refractivity contribution in [2.24, 2.45) is 5.73 Å². The summed E-state index contributed by atoms with van der Waals surface area (Å²) in [5.41, 5.74) is 9.36. The number of carbonyl (C=O) groups excluding carboxylic acids is 3. The van der Waals surface area contributed by atoms with Gasteiger partial charge in [0.15, 0.2) is 0 Å². The molecule has 10 nitrogen and oxygen atoms in total. The van der Waals surface area contributed by atoms with Crippen LogP contribution >= 0.6 is 0 Å². The van der Waals surface area contributed by atoms with Crippen molar-refractivity contribution in [3.63, 3.8) is 0 Å². The van der Waals surface area contributed by atoms with E-state index in [2.05, 4.69) is 20.9 Å². The van der Waals surface area contributed by atoms with Gasteiger partial charge in [0.2, 0.25) is 5.91 Å². The van der Waals surface area contributed by atoms with Crippen LogP contribution in [0.1, 0.15) is 30.2 Å². The van der Waals surface area contributed by atoms with Crippen molar-refractivity contribution in [3.8, 4) is 0 Å². The fourth-order valence-electron chi connectivity index (χ4n) is 3.05. The quantitative estimate of drug-likeness (QED) is 0.320. The number of carbonyl (C=O) groups is 4. The van der Waals surface area contributed by atoms with Crippen molar-refractivity contribution < 1.29 is 24.3 Å². The molecule has 0 radical (unpaired) electrons. The minimum absolute atomic E-state index is 0.153. The topological polar surface area (TPSA) is 166 Å². The molecule has 0 atom stereocenters. The summed E-state index contributed by atoms with van der Waals surface area (Å²) in [4.78, 5) is 48.6. The van der Waals surface area contributed by atoms with Crippen molar-refractivity contribution >= 4 is 46.3 Å². The molecule has 150 valence electrons. The van der Waals surface area contributed by atoms with E-state index < -0.39 is 24.3 Å². The van der Waals surface area contributed by atoms with Crippen molar-refractivity contribution in [3.05, 3.63) is 47.3 Å². The second-order valence-electron chi connectivity index (χ2n) is 6.47. The number of amides is 4. The van der Waals surface area contributed by atoms with Crippen LogP contribution in [-0.2, 0) is 20.9 Å². The monoisotopic (exact) mass is 397 g/mol. The minimum atomic E-state index is -1.20. The molecule has 0 unspecified atom stereocenters. The molecule has 0 fully saturated rings. The van der Waals surface area contributed by atoms with E-state index in [9.17, 15) is 19.2 Å². The van der Waals surface area contributed by atoms with E-state index in [1.54, 1.807) is 37.4 Å². The number of anilines is 2. The molecular formula is C19H19N5O5. The Bertz CT molecular complexity index is 1050.